The summed E-state index contributed by atoms with van der Waals surface area (Å²) in [6.45, 7) is 8.71. The van der Waals surface area contributed by atoms with Crippen molar-refractivity contribution in [2.45, 2.75) is 33.7 Å². The van der Waals surface area contributed by atoms with Crippen LogP contribution in [0.5, 0.6) is 11.5 Å². The van der Waals surface area contributed by atoms with Crippen LogP contribution in [-0.4, -0.2) is 18.3 Å². The van der Waals surface area contributed by atoms with E-state index < -0.39 is 0 Å². The molecule has 0 aliphatic carbocycles. The van der Waals surface area contributed by atoms with Crippen LogP contribution in [0.1, 0.15) is 32.8 Å². The fraction of sp³-hybridized carbons (Fsp3) is 0.571. The summed E-state index contributed by atoms with van der Waals surface area (Å²) in [5.41, 5.74) is 0.912. The standard InChI is InChI=1S/C14H23NO2/c1-4-7-17-13-6-5-12(14(16)8-13)10-15-9-11(2)3/h5-6,8,11,15-16H,4,7,9-10H2,1-3H3. The Balaban J connectivity index is 2.50. The third-order valence-electron chi connectivity index (χ3n) is 2.40. The first-order valence-electron chi connectivity index (χ1n) is 6.29. The maximum atomic E-state index is 9.84. The van der Waals surface area contributed by atoms with Gasteiger partial charge in [0.05, 0.1) is 6.61 Å². The second-order valence-corrected chi connectivity index (χ2v) is 4.66. The van der Waals surface area contributed by atoms with Crippen molar-refractivity contribution in [1.29, 1.82) is 0 Å². The molecule has 0 atom stereocenters. The van der Waals surface area contributed by atoms with Gasteiger partial charge < -0.3 is 15.2 Å². The fourth-order valence-corrected chi connectivity index (χ4v) is 1.50. The molecule has 0 amide bonds. The van der Waals surface area contributed by atoms with Gasteiger partial charge in [-0.25, -0.2) is 0 Å². The van der Waals surface area contributed by atoms with Crippen LogP contribution < -0.4 is 10.1 Å². The molecule has 0 radical (unpaired) electrons. The van der Waals surface area contributed by atoms with Crippen LogP contribution in [0.3, 0.4) is 0 Å². The van der Waals surface area contributed by atoms with Crippen molar-refractivity contribution in [2.75, 3.05) is 13.2 Å². The van der Waals surface area contributed by atoms with Crippen molar-refractivity contribution < 1.29 is 9.84 Å². The summed E-state index contributed by atoms with van der Waals surface area (Å²) in [6.07, 6.45) is 0.971. The van der Waals surface area contributed by atoms with Crippen LogP contribution in [0.2, 0.25) is 0 Å². The van der Waals surface area contributed by atoms with E-state index >= 15 is 0 Å². The zero-order valence-corrected chi connectivity index (χ0v) is 11.0. The highest BCUT2D eigenvalue weighted by Crippen LogP contribution is 2.23. The van der Waals surface area contributed by atoms with Crippen LogP contribution in [0.15, 0.2) is 18.2 Å². The molecule has 3 heteroatoms. The van der Waals surface area contributed by atoms with Gasteiger partial charge in [0.2, 0.25) is 0 Å². The van der Waals surface area contributed by atoms with Gasteiger partial charge in [-0.1, -0.05) is 26.8 Å². The highest BCUT2D eigenvalue weighted by Gasteiger charge is 2.03. The summed E-state index contributed by atoms with van der Waals surface area (Å²) in [5, 5.41) is 13.1. The van der Waals surface area contributed by atoms with Crippen molar-refractivity contribution in [2.24, 2.45) is 5.92 Å². The number of hydrogen-bond donors (Lipinski definition) is 2. The molecular weight excluding hydrogens is 214 g/mol. The third-order valence-corrected chi connectivity index (χ3v) is 2.40. The van der Waals surface area contributed by atoms with Gasteiger partial charge >= 0.3 is 0 Å². The molecule has 1 rings (SSSR count). The molecule has 17 heavy (non-hydrogen) atoms. The minimum absolute atomic E-state index is 0.301. The Morgan fingerprint density at radius 2 is 2.12 bits per heavy atom. The number of phenols is 1. The number of aromatic hydroxyl groups is 1. The van der Waals surface area contributed by atoms with Crippen LogP contribution >= 0.6 is 0 Å². The quantitative estimate of drug-likeness (QED) is 0.766. The molecule has 0 aliphatic heterocycles. The molecule has 0 bridgehead atoms. The molecule has 0 saturated carbocycles. The molecule has 1 aromatic carbocycles. The maximum Gasteiger partial charge on any atom is 0.123 e. The average Bonchev–Trinajstić information content (AvgIpc) is 2.28. The van der Waals surface area contributed by atoms with Gasteiger partial charge in [0, 0.05) is 18.2 Å². The summed E-state index contributed by atoms with van der Waals surface area (Å²) < 4.78 is 5.45. The fourth-order valence-electron chi connectivity index (χ4n) is 1.50. The highest BCUT2D eigenvalue weighted by molar-refractivity contribution is 5.39. The van der Waals surface area contributed by atoms with E-state index in [9.17, 15) is 5.11 Å². The number of phenolic OH excluding ortho intramolecular Hbond substituents is 1. The van der Waals surface area contributed by atoms with Crippen molar-refractivity contribution in [1.82, 2.24) is 5.32 Å². The number of hydrogen-bond acceptors (Lipinski definition) is 3. The second kappa shape index (κ2) is 7.17. The van der Waals surface area contributed by atoms with Gasteiger partial charge in [-0.3, -0.25) is 0 Å². The predicted octanol–water partition coefficient (Wildman–Crippen LogP) is 2.93. The monoisotopic (exact) mass is 237 g/mol. The highest BCUT2D eigenvalue weighted by atomic mass is 16.5. The lowest BCUT2D eigenvalue weighted by molar-refractivity contribution is 0.315. The summed E-state index contributed by atoms with van der Waals surface area (Å²) in [7, 11) is 0. The van der Waals surface area contributed by atoms with Gasteiger partial charge in [0.1, 0.15) is 11.5 Å². The normalized spacial score (nSPS) is 10.8. The molecule has 0 fully saturated rings. The van der Waals surface area contributed by atoms with Crippen LogP contribution in [0.25, 0.3) is 0 Å². The molecule has 0 spiro atoms. The van der Waals surface area contributed by atoms with Crippen molar-refractivity contribution in [3.63, 3.8) is 0 Å². The van der Waals surface area contributed by atoms with E-state index in [0.717, 1.165) is 24.3 Å². The number of nitrogens with one attached hydrogen (secondary N) is 1. The summed E-state index contributed by atoms with van der Waals surface area (Å²) in [6, 6.07) is 5.50. The Bertz CT molecular complexity index is 337. The zero-order chi connectivity index (χ0) is 12.7. The molecule has 0 saturated heterocycles. The smallest absolute Gasteiger partial charge is 0.123 e. The van der Waals surface area contributed by atoms with E-state index in [4.69, 9.17) is 4.74 Å². The first-order valence-corrected chi connectivity index (χ1v) is 6.29. The van der Waals surface area contributed by atoms with Gasteiger partial charge in [0.25, 0.3) is 0 Å². The van der Waals surface area contributed by atoms with Crippen LogP contribution in [0, 0.1) is 5.92 Å². The molecule has 0 unspecified atom stereocenters. The van der Waals surface area contributed by atoms with Crippen LogP contribution in [0.4, 0.5) is 0 Å². The van der Waals surface area contributed by atoms with E-state index in [0.29, 0.717) is 24.8 Å². The van der Waals surface area contributed by atoms with Gasteiger partial charge in [-0.05, 0) is 24.9 Å². The lowest BCUT2D eigenvalue weighted by Gasteiger charge is -2.10. The Morgan fingerprint density at radius 1 is 1.35 bits per heavy atom. The lowest BCUT2D eigenvalue weighted by Crippen LogP contribution is -2.18. The Labute approximate surface area is 104 Å². The molecule has 3 nitrogen and oxygen atoms in total. The zero-order valence-electron chi connectivity index (χ0n) is 11.0. The van der Waals surface area contributed by atoms with E-state index in [1.165, 1.54) is 0 Å². The van der Waals surface area contributed by atoms with Gasteiger partial charge in [0.15, 0.2) is 0 Å². The Morgan fingerprint density at radius 3 is 2.71 bits per heavy atom. The molecular formula is C14H23NO2. The minimum atomic E-state index is 0.301. The van der Waals surface area contributed by atoms with E-state index in [1.807, 2.05) is 12.1 Å². The molecule has 1 aromatic rings. The molecule has 96 valence electrons. The molecule has 2 N–H and O–H groups in total. The SMILES string of the molecule is CCCOc1ccc(CNCC(C)C)c(O)c1. The second-order valence-electron chi connectivity index (χ2n) is 4.66. The summed E-state index contributed by atoms with van der Waals surface area (Å²) in [5.74, 6) is 1.65. The Kier molecular flexibility index (Phi) is 5.84. The maximum absolute atomic E-state index is 9.84. The molecule has 0 heterocycles. The first-order chi connectivity index (χ1) is 8.13. The van der Waals surface area contributed by atoms with Gasteiger partial charge in [-0.2, -0.15) is 0 Å². The van der Waals surface area contributed by atoms with Crippen molar-refractivity contribution in [3.05, 3.63) is 23.8 Å². The third kappa shape index (κ3) is 5.09. The van der Waals surface area contributed by atoms with E-state index in [1.54, 1.807) is 6.07 Å². The van der Waals surface area contributed by atoms with E-state index in [-0.39, 0.29) is 0 Å². The number of benzene rings is 1. The van der Waals surface area contributed by atoms with Crippen molar-refractivity contribution in [3.8, 4) is 11.5 Å². The largest absolute Gasteiger partial charge is 0.507 e. The predicted molar refractivity (Wildman–Crippen MR) is 70.4 cm³/mol. The number of ether oxygens (including phenoxy) is 1. The van der Waals surface area contributed by atoms with Crippen molar-refractivity contribution >= 4 is 0 Å². The first kappa shape index (κ1) is 13.8. The van der Waals surface area contributed by atoms with E-state index in [2.05, 4.69) is 26.1 Å². The summed E-state index contributed by atoms with van der Waals surface area (Å²) >= 11 is 0. The summed E-state index contributed by atoms with van der Waals surface area (Å²) in [4.78, 5) is 0. The molecule has 0 aromatic heterocycles. The number of rotatable bonds is 7. The topological polar surface area (TPSA) is 41.5 Å². The Hall–Kier alpha value is -1.22. The molecule has 0 aliphatic rings. The average molecular weight is 237 g/mol. The van der Waals surface area contributed by atoms with Crippen LogP contribution in [-0.2, 0) is 6.54 Å². The lowest BCUT2D eigenvalue weighted by atomic mass is 10.1. The minimum Gasteiger partial charge on any atom is -0.507 e. The van der Waals surface area contributed by atoms with Gasteiger partial charge in [-0.15, -0.1) is 0 Å².